The van der Waals surface area contributed by atoms with Crippen molar-refractivity contribution in [2.45, 2.75) is 70.7 Å². The number of rotatable bonds is 9. The fourth-order valence-electron chi connectivity index (χ4n) is 6.92. The van der Waals surface area contributed by atoms with Crippen LogP contribution >= 0.6 is 0 Å². The second-order valence-corrected chi connectivity index (χ2v) is 12.3. The molecule has 11 nitrogen and oxygen atoms in total. The Labute approximate surface area is 271 Å². The minimum absolute atomic E-state index is 0.193. The van der Waals surface area contributed by atoms with Crippen LogP contribution in [-0.4, -0.2) is 46.4 Å². The molecule has 7 rings (SSSR count). The van der Waals surface area contributed by atoms with Crippen molar-refractivity contribution in [2.75, 3.05) is 7.11 Å². The van der Waals surface area contributed by atoms with Crippen molar-refractivity contribution in [3.05, 3.63) is 117 Å². The number of nitrogens with one attached hydrogen (secondary N) is 1. The van der Waals surface area contributed by atoms with Gasteiger partial charge in [-0.2, -0.15) is 0 Å². The van der Waals surface area contributed by atoms with Crippen LogP contribution < -0.4 is 11.2 Å². The van der Waals surface area contributed by atoms with Crippen LogP contribution in [0, 0.1) is 0 Å². The number of aromatic amines is 1. The van der Waals surface area contributed by atoms with Crippen LogP contribution in [0.4, 0.5) is 0 Å². The molecule has 2 unspecified atom stereocenters. The average molecular weight is 631 g/mol. The van der Waals surface area contributed by atoms with Crippen molar-refractivity contribution in [3.63, 3.8) is 0 Å². The summed E-state index contributed by atoms with van der Waals surface area (Å²) in [7, 11) is 1.57. The summed E-state index contributed by atoms with van der Waals surface area (Å²) in [6.45, 7) is 4.14. The molecule has 3 aromatic carbocycles. The van der Waals surface area contributed by atoms with E-state index in [0.717, 1.165) is 59.3 Å². The van der Waals surface area contributed by atoms with E-state index in [1.54, 1.807) is 7.11 Å². The number of aromatic nitrogens is 8. The second kappa shape index (κ2) is 12.9. The molecule has 0 spiro atoms. The number of H-pyrrole nitrogens is 1. The standard InChI is InChI=1S/C36H38N8O3/c1-23(26-12-6-4-7-13-26)43-35(45)31-34(44(36(43)46)24(2)47-3)37-33(28-14-8-5-9-15-28)42(31)22-25-18-20-27(21-19-25)29-16-10-11-17-30(29)32-38-40-41-39-32/h4,6-7,10-13,16-21,23-24,28H,5,8-9,14-15,22H2,1-3H3,(H,38,39,40,41). The fourth-order valence-corrected chi connectivity index (χ4v) is 6.92. The van der Waals surface area contributed by atoms with Crippen molar-refractivity contribution >= 4 is 11.2 Å². The van der Waals surface area contributed by atoms with Crippen LogP contribution in [0.5, 0.6) is 0 Å². The zero-order chi connectivity index (χ0) is 32.5. The van der Waals surface area contributed by atoms with Crippen LogP contribution in [-0.2, 0) is 11.3 Å². The van der Waals surface area contributed by atoms with E-state index in [2.05, 4.69) is 49.5 Å². The molecule has 6 aromatic rings. The fraction of sp³-hybridized carbons (Fsp3) is 0.333. The maximum Gasteiger partial charge on any atom is 0.335 e. The number of ether oxygens (including phenoxy) is 1. The molecule has 1 saturated carbocycles. The van der Waals surface area contributed by atoms with E-state index in [-0.39, 0.29) is 11.5 Å². The minimum Gasteiger partial charge on any atom is -0.361 e. The number of imidazole rings is 1. The summed E-state index contributed by atoms with van der Waals surface area (Å²) in [5.41, 5.74) is 4.83. The van der Waals surface area contributed by atoms with Gasteiger partial charge in [-0.05, 0) is 59.4 Å². The second-order valence-electron chi connectivity index (χ2n) is 12.3. The van der Waals surface area contributed by atoms with E-state index < -0.39 is 18.0 Å². The van der Waals surface area contributed by atoms with Crippen molar-refractivity contribution in [1.29, 1.82) is 0 Å². The average Bonchev–Trinajstić information content (AvgIpc) is 3.78. The molecule has 11 heteroatoms. The number of fused-ring (bicyclic) bond motifs is 1. The Hall–Kier alpha value is -5.16. The summed E-state index contributed by atoms with van der Waals surface area (Å²) in [6, 6.07) is 25.5. The topological polar surface area (TPSA) is 126 Å². The summed E-state index contributed by atoms with van der Waals surface area (Å²) >= 11 is 0. The van der Waals surface area contributed by atoms with Crippen LogP contribution in [0.1, 0.15) is 81.1 Å². The van der Waals surface area contributed by atoms with E-state index in [4.69, 9.17) is 9.72 Å². The number of nitrogens with zero attached hydrogens (tertiary/aromatic N) is 7. The third-order valence-electron chi connectivity index (χ3n) is 9.52. The van der Waals surface area contributed by atoms with Gasteiger partial charge in [0.15, 0.2) is 17.0 Å². The summed E-state index contributed by atoms with van der Waals surface area (Å²) in [6.07, 6.45) is 4.78. The number of benzene rings is 3. The van der Waals surface area contributed by atoms with Gasteiger partial charge in [-0.1, -0.05) is 98.1 Å². The zero-order valence-electron chi connectivity index (χ0n) is 26.8. The molecule has 47 heavy (non-hydrogen) atoms. The van der Waals surface area contributed by atoms with Crippen LogP contribution in [0.15, 0.2) is 88.5 Å². The van der Waals surface area contributed by atoms with Gasteiger partial charge in [-0.25, -0.2) is 19.4 Å². The first-order valence-corrected chi connectivity index (χ1v) is 16.2. The Bertz CT molecular complexity index is 2110. The third kappa shape index (κ3) is 5.61. The maximum atomic E-state index is 14.6. The highest BCUT2D eigenvalue weighted by atomic mass is 16.5. The Morgan fingerprint density at radius 3 is 2.26 bits per heavy atom. The zero-order valence-corrected chi connectivity index (χ0v) is 26.8. The maximum absolute atomic E-state index is 14.6. The van der Waals surface area contributed by atoms with E-state index in [1.807, 2.05) is 68.4 Å². The lowest BCUT2D eigenvalue weighted by Gasteiger charge is -2.22. The Balaban J connectivity index is 1.38. The molecule has 1 fully saturated rings. The van der Waals surface area contributed by atoms with Gasteiger partial charge in [0.2, 0.25) is 0 Å². The third-order valence-corrected chi connectivity index (χ3v) is 9.52. The first-order valence-electron chi connectivity index (χ1n) is 16.2. The molecule has 0 radical (unpaired) electrons. The Morgan fingerprint density at radius 2 is 1.57 bits per heavy atom. The van der Waals surface area contributed by atoms with E-state index in [1.165, 1.54) is 15.6 Å². The van der Waals surface area contributed by atoms with Gasteiger partial charge < -0.3 is 9.30 Å². The molecular weight excluding hydrogens is 592 g/mol. The molecule has 1 aliphatic carbocycles. The molecule has 2 atom stereocenters. The first-order chi connectivity index (χ1) is 23.0. The molecule has 0 saturated heterocycles. The Kier molecular flexibility index (Phi) is 8.38. The number of hydrogen-bond donors (Lipinski definition) is 1. The van der Waals surface area contributed by atoms with Crippen LogP contribution in [0.3, 0.4) is 0 Å². The van der Waals surface area contributed by atoms with Gasteiger partial charge in [0.05, 0.1) is 6.04 Å². The van der Waals surface area contributed by atoms with Gasteiger partial charge >= 0.3 is 5.69 Å². The molecule has 0 bridgehead atoms. The summed E-state index contributed by atoms with van der Waals surface area (Å²) in [5, 5.41) is 14.5. The molecule has 3 aromatic heterocycles. The van der Waals surface area contributed by atoms with Gasteiger partial charge in [-0.3, -0.25) is 9.36 Å². The Morgan fingerprint density at radius 1 is 0.872 bits per heavy atom. The quantitative estimate of drug-likeness (QED) is 0.205. The van der Waals surface area contributed by atoms with Gasteiger partial charge in [0, 0.05) is 25.1 Å². The van der Waals surface area contributed by atoms with Crippen molar-refractivity contribution in [3.8, 4) is 22.5 Å². The monoisotopic (exact) mass is 630 g/mol. The highest BCUT2D eigenvalue weighted by molar-refractivity contribution is 5.80. The number of methoxy groups -OCH3 is 1. The summed E-state index contributed by atoms with van der Waals surface area (Å²) in [5.74, 6) is 1.65. The molecular formula is C36H38N8O3. The van der Waals surface area contributed by atoms with Gasteiger partial charge in [0.1, 0.15) is 12.1 Å². The van der Waals surface area contributed by atoms with Gasteiger partial charge in [-0.15, -0.1) is 5.10 Å². The molecule has 3 heterocycles. The molecule has 1 N–H and O–H groups in total. The highest BCUT2D eigenvalue weighted by Crippen LogP contribution is 2.35. The smallest absolute Gasteiger partial charge is 0.335 e. The van der Waals surface area contributed by atoms with Crippen molar-refractivity contribution in [2.24, 2.45) is 0 Å². The largest absolute Gasteiger partial charge is 0.361 e. The minimum atomic E-state index is -0.624. The van der Waals surface area contributed by atoms with E-state index >= 15 is 0 Å². The predicted octanol–water partition coefficient (Wildman–Crippen LogP) is 6.08. The number of tetrazole rings is 1. The lowest BCUT2D eigenvalue weighted by atomic mass is 9.88. The lowest BCUT2D eigenvalue weighted by Crippen LogP contribution is -2.43. The lowest BCUT2D eigenvalue weighted by molar-refractivity contribution is 0.0583. The molecule has 240 valence electrons. The van der Waals surface area contributed by atoms with Crippen LogP contribution in [0.2, 0.25) is 0 Å². The molecule has 1 aliphatic rings. The van der Waals surface area contributed by atoms with Crippen LogP contribution in [0.25, 0.3) is 33.7 Å². The summed E-state index contributed by atoms with van der Waals surface area (Å²) in [4.78, 5) is 33.8. The first kappa shape index (κ1) is 30.5. The highest BCUT2D eigenvalue weighted by Gasteiger charge is 2.30. The van der Waals surface area contributed by atoms with Crippen molar-refractivity contribution < 1.29 is 4.74 Å². The van der Waals surface area contributed by atoms with E-state index in [0.29, 0.717) is 23.5 Å². The van der Waals surface area contributed by atoms with E-state index in [9.17, 15) is 9.59 Å². The summed E-state index contributed by atoms with van der Waals surface area (Å²) < 4.78 is 10.6. The SMILES string of the molecule is COC(C)n1c(=O)n(C(C)c2ccccc2)c(=O)c2c1nc(C1CCCCC1)n2Cc1ccc(-c2ccccc2-c2nnn[nH]2)cc1. The molecule has 0 aliphatic heterocycles. The van der Waals surface area contributed by atoms with Gasteiger partial charge in [0.25, 0.3) is 5.56 Å². The number of hydrogen-bond acceptors (Lipinski definition) is 7. The predicted molar refractivity (Wildman–Crippen MR) is 180 cm³/mol. The molecule has 0 amide bonds. The van der Waals surface area contributed by atoms with Crippen molar-refractivity contribution in [1.82, 2.24) is 39.3 Å². The normalized spacial score (nSPS) is 15.2.